The summed E-state index contributed by atoms with van der Waals surface area (Å²) in [7, 11) is 0. The van der Waals surface area contributed by atoms with Gasteiger partial charge in [-0.2, -0.15) is 0 Å². The van der Waals surface area contributed by atoms with Gasteiger partial charge in [-0.05, 0) is 25.0 Å². The van der Waals surface area contributed by atoms with Crippen LogP contribution in [0.3, 0.4) is 0 Å². The van der Waals surface area contributed by atoms with E-state index in [2.05, 4.69) is 0 Å². The van der Waals surface area contributed by atoms with Gasteiger partial charge in [0.25, 0.3) is 0 Å². The van der Waals surface area contributed by atoms with Gasteiger partial charge in [-0.1, -0.05) is 30.9 Å². The summed E-state index contributed by atoms with van der Waals surface area (Å²) in [5, 5.41) is 0. The maximum atomic E-state index is 12.4. The van der Waals surface area contributed by atoms with Crippen LogP contribution in [0.4, 0.5) is 4.79 Å². The van der Waals surface area contributed by atoms with E-state index in [1.54, 1.807) is 12.1 Å². The summed E-state index contributed by atoms with van der Waals surface area (Å²) in [5.41, 5.74) is 0. The van der Waals surface area contributed by atoms with Crippen LogP contribution in [-0.4, -0.2) is 33.7 Å². The predicted octanol–water partition coefficient (Wildman–Crippen LogP) is 3.03. The number of urea groups is 1. The van der Waals surface area contributed by atoms with Gasteiger partial charge in [0, 0.05) is 10.9 Å². The van der Waals surface area contributed by atoms with Crippen molar-refractivity contribution in [3.8, 4) is 0 Å². The Kier molecular flexibility index (Phi) is 3.99. The van der Waals surface area contributed by atoms with Gasteiger partial charge < -0.3 is 0 Å². The number of carbonyl (C=O) groups excluding carboxylic acids is 3. The summed E-state index contributed by atoms with van der Waals surface area (Å²) in [6, 6.07) is 2.87. The SMILES string of the molecule is O=C1C(=O)N(C2CCCCC2)C(=O)N1Cc1ccc(Cl)s1. The fourth-order valence-electron chi connectivity index (χ4n) is 2.92. The van der Waals surface area contributed by atoms with Crippen molar-refractivity contribution in [1.82, 2.24) is 9.80 Å². The molecular formula is C14H15ClN2O3S. The highest BCUT2D eigenvalue weighted by Crippen LogP contribution is 2.29. The van der Waals surface area contributed by atoms with Gasteiger partial charge in [0.05, 0.1) is 10.9 Å². The third kappa shape index (κ3) is 2.70. The zero-order chi connectivity index (χ0) is 15.0. The second kappa shape index (κ2) is 5.77. The molecule has 0 aromatic carbocycles. The molecule has 0 N–H and O–H groups in total. The molecule has 2 heterocycles. The normalized spacial score (nSPS) is 20.7. The fourth-order valence-corrected chi connectivity index (χ4v) is 3.99. The number of imide groups is 2. The number of hydrogen-bond acceptors (Lipinski definition) is 4. The zero-order valence-electron chi connectivity index (χ0n) is 11.4. The lowest BCUT2D eigenvalue weighted by atomic mass is 9.94. The maximum absolute atomic E-state index is 12.4. The smallest absolute Gasteiger partial charge is 0.263 e. The molecule has 1 saturated heterocycles. The van der Waals surface area contributed by atoms with Gasteiger partial charge in [-0.15, -0.1) is 11.3 Å². The highest BCUT2D eigenvalue weighted by Gasteiger charge is 2.47. The Morgan fingerprint density at radius 3 is 2.43 bits per heavy atom. The van der Waals surface area contributed by atoms with E-state index in [1.807, 2.05) is 0 Å². The van der Waals surface area contributed by atoms with Crippen LogP contribution in [-0.2, 0) is 16.1 Å². The lowest BCUT2D eigenvalue weighted by Crippen LogP contribution is -2.42. The van der Waals surface area contributed by atoms with E-state index in [1.165, 1.54) is 11.3 Å². The van der Waals surface area contributed by atoms with Crippen molar-refractivity contribution in [3.05, 3.63) is 21.3 Å². The van der Waals surface area contributed by atoms with E-state index < -0.39 is 17.8 Å². The molecule has 0 bridgehead atoms. The molecule has 1 aliphatic carbocycles. The average molecular weight is 327 g/mol. The van der Waals surface area contributed by atoms with Gasteiger partial charge in [0.1, 0.15) is 0 Å². The molecule has 1 aliphatic heterocycles. The van der Waals surface area contributed by atoms with Gasteiger partial charge >= 0.3 is 17.8 Å². The fraction of sp³-hybridized carbons (Fsp3) is 0.500. The summed E-state index contributed by atoms with van der Waals surface area (Å²) < 4.78 is 0.597. The van der Waals surface area contributed by atoms with Gasteiger partial charge in [-0.25, -0.2) is 4.79 Å². The Hall–Kier alpha value is -1.40. The highest BCUT2D eigenvalue weighted by atomic mass is 35.5. The predicted molar refractivity (Wildman–Crippen MR) is 79.0 cm³/mol. The van der Waals surface area contributed by atoms with E-state index in [9.17, 15) is 14.4 Å². The third-order valence-corrected chi connectivity index (χ3v) is 5.18. The molecule has 0 atom stereocenters. The molecule has 7 heteroatoms. The number of nitrogens with zero attached hydrogens (tertiary/aromatic N) is 2. The van der Waals surface area contributed by atoms with E-state index >= 15 is 0 Å². The molecule has 0 radical (unpaired) electrons. The van der Waals surface area contributed by atoms with Crippen molar-refractivity contribution >= 4 is 40.8 Å². The van der Waals surface area contributed by atoms with Crippen molar-refractivity contribution in [1.29, 1.82) is 0 Å². The first-order valence-corrected chi connectivity index (χ1v) is 8.20. The molecule has 2 aliphatic rings. The molecule has 21 heavy (non-hydrogen) atoms. The first kappa shape index (κ1) is 14.5. The molecule has 2 fully saturated rings. The van der Waals surface area contributed by atoms with Crippen LogP contribution >= 0.6 is 22.9 Å². The van der Waals surface area contributed by atoms with Crippen LogP contribution in [0.15, 0.2) is 12.1 Å². The molecule has 4 amide bonds. The molecule has 1 aromatic rings. The minimum Gasteiger partial charge on any atom is -0.263 e. The second-order valence-electron chi connectivity index (χ2n) is 5.35. The number of rotatable bonds is 3. The minimum absolute atomic E-state index is 0.115. The minimum atomic E-state index is -0.727. The van der Waals surface area contributed by atoms with Crippen LogP contribution < -0.4 is 0 Å². The Labute approximate surface area is 131 Å². The highest BCUT2D eigenvalue weighted by molar-refractivity contribution is 7.16. The van der Waals surface area contributed by atoms with Crippen LogP contribution in [0, 0.1) is 0 Å². The number of halogens is 1. The number of hydrogen-bond donors (Lipinski definition) is 0. The Morgan fingerprint density at radius 1 is 1.10 bits per heavy atom. The van der Waals surface area contributed by atoms with Gasteiger partial charge in [0.15, 0.2) is 0 Å². The Bertz CT molecular complexity index is 595. The zero-order valence-corrected chi connectivity index (χ0v) is 13.0. The topological polar surface area (TPSA) is 57.7 Å². The number of carbonyl (C=O) groups is 3. The lowest BCUT2D eigenvalue weighted by Gasteiger charge is -2.28. The van der Waals surface area contributed by atoms with Crippen LogP contribution in [0.5, 0.6) is 0 Å². The molecule has 1 saturated carbocycles. The van der Waals surface area contributed by atoms with Crippen LogP contribution in [0.2, 0.25) is 4.34 Å². The molecule has 5 nitrogen and oxygen atoms in total. The first-order chi connectivity index (χ1) is 10.1. The van der Waals surface area contributed by atoms with Crippen molar-refractivity contribution < 1.29 is 14.4 Å². The van der Waals surface area contributed by atoms with Crippen molar-refractivity contribution in [2.75, 3.05) is 0 Å². The van der Waals surface area contributed by atoms with E-state index in [-0.39, 0.29) is 12.6 Å². The van der Waals surface area contributed by atoms with Crippen molar-refractivity contribution in [3.63, 3.8) is 0 Å². The summed E-state index contributed by atoms with van der Waals surface area (Å²) in [6.07, 6.45) is 4.71. The van der Waals surface area contributed by atoms with Gasteiger partial charge in [0.2, 0.25) is 0 Å². The number of thiophene rings is 1. The summed E-state index contributed by atoms with van der Waals surface area (Å²) in [5.74, 6) is -1.41. The Morgan fingerprint density at radius 2 is 1.81 bits per heavy atom. The summed E-state index contributed by atoms with van der Waals surface area (Å²) in [6.45, 7) is 0.115. The standard InChI is InChI=1S/C14H15ClN2O3S/c15-11-7-6-10(21-11)8-16-12(18)13(19)17(14(16)20)9-4-2-1-3-5-9/h6-7,9H,1-5,8H2. The molecule has 0 spiro atoms. The summed E-state index contributed by atoms with van der Waals surface area (Å²) in [4.78, 5) is 39.6. The van der Waals surface area contributed by atoms with Crippen molar-refractivity contribution in [2.45, 2.75) is 44.7 Å². The lowest BCUT2D eigenvalue weighted by molar-refractivity contribution is -0.144. The number of amides is 4. The monoisotopic (exact) mass is 326 g/mol. The van der Waals surface area contributed by atoms with E-state index in [0.717, 1.165) is 46.8 Å². The first-order valence-electron chi connectivity index (χ1n) is 7.01. The molecule has 112 valence electrons. The maximum Gasteiger partial charge on any atom is 0.334 e. The molecule has 1 aromatic heterocycles. The van der Waals surface area contributed by atoms with Crippen LogP contribution in [0.1, 0.15) is 37.0 Å². The van der Waals surface area contributed by atoms with Crippen molar-refractivity contribution in [2.24, 2.45) is 0 Å². The third-order valence-electron chi connectivity index (χ3n) is 3.97. The van der Waals surface area contributed by atoms with E-state index in [4.69, 9.17) is 11.6 Å². The largest absolute Gasteiger partial charge is 0.334 e. The molecular weight excluding hydrogens is 312 g/mol. The molecule has 0 unspecified atom stereocenters. The molecule has 3 rings (SSSR count). The van der Waals surface area contributed by atoms with E-state index in [0.29, 0.717) is 4.34 Å². The Balaban J connectivity index is 1.78. The average Bonchev–Trinajstić information content (AvgIpc) is 2.98. The quantitative estimate of drug-likeness (QED) is 0.633. The van der Waals surface area contributed by atoms with Crippen LogP contribution in [0.25, 0.3) is 0 Å². The second-order valence-corrected chi connectivity index (χ2v) is 7.15. The van der Waals surface area contributed by atoms with Gasteiger partial charge in [-0.3, -0.25) is 19.4 Å². The summed E-state index contributed by atoms with van der Waals surface area (Å²) >= 11 is 7.16.